The maximum absolute atomic E-state index is 5.28. The number of nitrogens with two attached hydrogens (primary N) is 1. The summed E-state index contributed by atoms with van der Waals surface area (Å²) in [5.41, 5.74) is 5.90. The molecule has 0 saturated heterocycles. The first-order valence-electron chi connectivity index (χ1n) is 4.29. The number of hydrogen-bond donors (Lipinski definition) is 2. The minimum atomic E-state index is 0.739. The Labute approximate surface area is 86.6 Å². The van der Waals surface area contributed by atoms with Crippen molar-refractivity contribution in [2.45, 2.75) is 6.92 Å². The number of rotatable bonds is 2. The molecular weight excluding hydrogens is 194 g/mol. The van der Waals surface area contributed by atoms with Crippen molar-refractivity contribution in [1.82, 2.24) is 4.98 Å². The quantitative estimate of drug-likeness (QED) is 0.584. The van der Waals surface area contributed by atoms with E-state index >= 15 is 0 Å². The van der Waals surface area contributed by atoms with Crippen LogP contribution in [-0.4, -0.2) is 4.98 Å². The third kappa shape index (κ3) is 1.62. The Morgan fingerprint density at radius 1 is 1.36 bits per heavy atom. The second-order valence-corrected chi connectivity index (χ2v) is 3.86. The molecule has 0 amide bonds. The Kier molecular flexibility index (Phi) is 2.47. The molecule has 0 aliphatic carbocycles. The average Bonchev–Trinajstić information content (AvgIpc) is 2.67. The zero-order valence-corrected chi connectivity index (χ0v) is 8.64. The summed E-state index contributed by atoms with van der Waals surface area (Å²) >= 11 is 1.51. The molecule has 4 heteroatoms. The van der Waals surface area contributed by atoms with Crippen molar-refractivity contribution >= 4 is 16.5 Å². The summed E-state index contributed by atoms with van der Waals surface area (Å²) in [5.74, 6) is 5.28. The molecule has 0 saturated carbocycles. The minimum Gasteiger partial charge on any atom is -0.300 e. The molecule has 2 rings (SSSR count). The summed E-state index contributed by atoms with van der Waals surface area (Å²) in [6.45, 7) is 2.07. The number of nitrogens with one attached hydrogen (secondary N) is 1. The number of aromatic nitrogens is 1. The van der Waals surface area contributed by atoms with Crippen molar-refractivity contribution in [3.63, 3.8) is 0 Å². The molecule has 1 aromatic heterocycles. The van der Waals surface area contributed by atoms with E-state index in [4.69, 9.17) is 5.84 Å². The van der Waals surface area contributed by atoms with Crippen molar-refractivity contribution in [2.75, 3.05) is 5.43 Å². The highest BCUT2D eigenvalue weighted by atomic mass is 32.1. The maximum Gasteiger partial charge on any atom is 0.197 e. The molecule has 0 radical (unpaired) electrons. The van der Waals surface area contributed by atoms with E-state index in [-0.39, 0.29) is 0 Å². The van der Waals surface area contributed by atoms with Gasteiger partial charge in [0.05, 0.1) is 5.69 Å². The monoisotopic (exact) mass is 205 g/mol. The first-order chi connectivity index (χ1) is 6.81. The van der Waals surface area contributed by atoms with E-state index in [0.29, 0.717) is 0 Å². The van der Waals surface area contributed by atoms with E-state index < -0.39 is 0 Å². The Morgan fingerprint density at radius 3 is 2.79 bits per heavy atom. The van der Waals surface area contributed by atoms with Crippen molar-refractivity contribution in [3.05, 3.63) is 35.2 Å². The molecule has 2 aromatic rings. The number of nitrogen functional groups attached to an aromatic ring is 1. The Hall–Kier alpha value is -1.39. The topological polar surface area (TPSA) is 50.9 Å². The fourth-order valence-corrected chi connectivity index (χ4v) is 1.95. The van der Waals surface area contributed by atoms with Crippen LogP contribution in [0.4, 0.5) is 5.13 Å². The number of nitrogens with zero attached hydrogens (tertiary/aromatic N) is 1. The lowest BCUT2D eigenvalue weighted by Crippen LogP contribution is -2.05. The van der Waals surface area contributed by atoms with E-state index in [1.54, 1.807) is 0 Å². The normalized spacial score (nSPS) is 10.1. The number of hydrogen-bond acceptors (Lipinski definition) is 4. The SMILES string of the molecule is Cc1ccccc1-c1csc(NN)n1. The molecule has 3 N–H and O–H groups in total. The molecular formula is C10H11N3S. The fourth-order valence-electron chi connectivity index (χ4n) is 1.32. The largest absolute Gasteiger partial charge is 0.300 e. The molecule has 0 bridgehead atoms. The van der Waals surface area contributed by atoms with Crippen LogP contribution >= 0.6 is 11.3 Å². The number of thiazole rings is 1. The van der Waals surface area contributed by atoms with Crippen molar-refractivity contribution in [1.29, 1.82) is 0 Å². The van der Waals surface area contributed by atoms with Gasteiger partial charge in [0, 0.05) is 10.9 Å². The van der Waals surface area contributed by atoms with Crippen molar-refractivity contribution < 1.29 is 0 Å². The Bertz CT molecular complexity index is 436. The van der Waals surface area contributed by atoms with Gasteiger partial charge in [-0.2, -0.15) is 0 Å². The predicted octanol–water partition coefficient (Wildman–Crippen LogP) is 2.40. The second-order valence-electron chi connectivity index (χ2n) is 3.00. The third-order valence-electron chi connectivity index (χ3n) is 2.05. The molecule has 0 atom stereocenters. The molecule has 14 heavy (non-hydrogen) atoms. The molecule has 0 fully saturated rings. The van der Waals surface area contributed by atoms with Crippen LogP contribution in [0.3, 0.4) is 0 Å². The number of anilines is 1. The van der Waals surface area contributed by atoms with Crippen molar-refractivity contribution in [2.24, 2.45) is 5.84 Å². The number of hydrazine groups is 1. The molecule has 0 unspecified atom stereocenters. The molecule has 1 aromatic carbocycles. The highest BCUT2D eigenvalue weighted by molar-refractivity contribution is 7.14. The summed E-state index contributed by atoms with van der Waals surface area (Å²) in [6, 6.07) is 8.17. The molecule has 0 spiro atoms. The van der Waals surface area contributed by atoms with Crippen LogP contribution in [0.15, 0.2) is 29.6 Å². The van der Waals surface area contributed by atoms with Gasteiger partial charge in [0.15, 0.2) is 5.13 Å². The summed E-state index contributed by atoms with van der Waals surface area (Å²) in [6.07, 6.45) is 0. The molecule has 1 heterocycles. The summed E-state index contributed by atoms with van der Waals surface area (Å²) < 4.78 is 0. The van der Waals surface area contributed by atoms with E-state index in [2.05, 4.69) is 29.5 Å². The summed E-state index contributed by atoms with van der Waals surface area (Å²) in [7, 11) is 0. The molecule has 3 nitrogen and oxygen atoms in total. The van der Waals surface area contributed by atoms with Crippen LogP contribution < -0.4 is 11.3 Å². The van der Waals surface area contributed by atoms with Gasteiger partial charge in [-0.05, 0) is 12.5 Å². The highest BCUT2D eigenvalue weighted by Gasteiger charge is 2.04. The van der Waals surface area contributed by atoms with Gasteiger partial charge < -0.3 is 0 Å². The summed E-state index contributed by atoms with van der Waals surface area (Å²) in [4.78, 5) is 4.34. The summed E-state index contributed by atoms with van der Waals surface area (Å²) in [5, 5.41) is 2.74. The Balaban J connectivity index is 2.44. The molecule has 0 aliphatic heterocycles. The van der Waals surface area contributed by atoms with Gasteiger partial charge in [-0.15, -0.1) is 11.3 Å². The van der Waals surface area contributed by atoms with E-state index in [9.17, 15) is 0 Å². The van der Waals surface area contributed by atoms with Gasteiger partial charge in [0.25, 0.3) is 0 Å². The number of benzene rings is 1. The van der Waals surface area contributed by atoms with Crippen LogP contribution in [0.1, 0.15) is 5.56 Å². The fraction of sp³-hybridized carbons (Fsp3) is 0.100. The predicted molar refractivity (Wildman–Crippen MR) is 60.1 cm³/mol. The standard InChI is InChI=1S/C10H11N3S/c1-7-4-2-3-5-8(7)9-6-14-10(12-9)13-11/h2-6H,11H2,1H3,(H,12,13). The van der Waals surface area contributed by atoms with E-state index in [1.165, 1.54) is 16.9 Å². The first kappa shape index (κ1) is 9.18. The van der Waals surface area contributed by atoms with Gasteiger partial charge in [-0.3, -0.25) is 5.43 Å². The van der Waals surface area contributed by atoms with Crippen LogP contribution in [0.25, 0.3) is 11.3 Å². The highest BCUT2D eigenvalue weighted by Crippen LogP contribution is 2.26. The van der Waals surface area contributed by atoms with E-state index in [1.807, 2.05) is 17.5 Å². The van der Waals surface area contributed by atoms with Crippen molar-refractivity contribution in [3.8, 4) is 11.3 Å². The van der Waals surface area contributed by atoms with Crippen LogP contribution in [0.2, 0.25) is 0 Å². The lowest BCUT2D eigenvalue weighted by atomic mass is 10.1. The lowest BCUT2D eigenvalue weighted by Gasteiger charge is -2.00. The average molecular weight is 205 g/mol. The molecule has 72 valence electrons. The smallest absolute Gasteiger partial charge is 0.197 e. The van der Waals surface area contributed by atoms with Gasteiger partial charge in [-0.1, -0.05) is 24.3 Å². The number of aryl methyl sites for hydroxylation is 1. The van der Waals surface area contributed by atoms with Gasteiger partial charge in [0.2, 0.25) is 0 Å². The lowest BCUT2D eigenvalue weighted by molar-refractivity contribution is 1.28. The Morgan fingerprint density at radius 2 is 2.14 bits per heavy atom. The van der Waals surface area contributed by atoms with Crippen LogP contribution in [0.5, 0.6) is 0 Å². The maximum atomic E-state index is 5.28. The van der Waals surface area contributed by atoms with Gasteiger partial charge >= 0.3 is 0 Å². The van der Waals surface area contributed by atoms with Gasteiger partial charge in [0.1, 0.15) is 0 Å². The zero-order valence-electron chi connectivity index (χ0n) is 7.82. The zero-order chi connectivity index (χ0) is 9.97. The first-order valence-corrected chi connectivity index (χ1v) is 5.17. The second kappa shape index (κ2) is 3.77. The third-order valence-corrected chi connectivity index (χ3v) is 2.82. The molecule has 0 aliphatic rings. The van der Waals surface area contributed by atoms with Crippen LogP contribution in [-0.2, 0) is 0 Å². The van der Waals surface area contributed by atoms with Gasteiger partial charge in [-0.25, -0.2) is 10.8 Å². The van der Waals surface area contributed by atoms with E-state index in [0.717, 1.165) is 16.4 Å². The van der Waals surface area contributed by atoms with Crippen LogP contribution in [0, 0.1) is 6.92 Å². The minimum absolute atomic E-state index is 0.739.